The number of pyridine rings is 1. The van der Waals surface area contributed by atoms with Crippen molar-refractivity contribution in [1.29, 1.82) is 0 Å². The Balaban J connectivity index is 2.28. The Bertz CT molecular complexity index is 737. The van der Waals surface area contributed by atoms with Crippen LogP contribution in [0, 0.1) is 6.92 Å². The summed E-state index contributed by atoms with van der Waals surface area (Å²) in [4.78, 5) is 26.9. The van der Waals surface area contributed by atoms with Gasteiger partial charge in [-0.15, -0.1) is 0 Å². The molecule has 1 aromatic heterocycles. The number of aromatic nitrogens is 1. The molecule has 0 spiro atoms. The van der Waals surface area contributed by atoms with Crippen LogP contribution in [0.25, 0.3) is 5.57 Å². The molecular formula is C18H17NO4. The second-order valence-corrected chi connectivity index (χ2v) is 4.77. The monoisotopic (exact) mass is 311 g/mol. The molecule has 0 saturated heterocycles. The highest BCUT2D eigenvalue weighted by molar-refractivity contribution is 6.19. The van der Waals surface area contributed by atoms with Gasteiger partial charge in [-0.25, -0.2) is 9.78 Å². The first-order chi connectivity index (χ1) is 11.2. The van der Waals surface area contributed by atoms with Crippen molar-refractivity contribution in [3.8, 4) is 5.88 Å². The highest BCUT2D eigenvalue weighted by Gasteiger charge is 2.16. The number of hydrogen-bond acceptors (Lipinski definition) is 5. The molecular weight excluding hydrogens is 294 g/mol. The lowest BCUT2D eigenvalue weighted by atomic mass is 10.00. The zero-order valence-corrected chi connectivity index (χ0v) is 13.0. The van der Waals surface area contributed by atoms with E-state index in [-0.39, 0.29) is 12.2 Å². The molecule has 0 atom stereocenters. The first kappa shape index (κ1) is 16.4. The van der Waals surface area contributed by atoms with E-state index in [9.17, 15) is 9.59 Å². The molecule has 0 fully saturated rings. The van der Waals surface area contributed by atoms with E-state index in [4.69, 9.17) is 9.47 Å². The predicted octanol–water partition coefficient (Wildman–Crippen LogP) is 2.72. The number of aldehydes is 1. The Morgan fingerprint density at radius 1 is 1.17 bits per heavy atom. The minimum Gasteiger partial charge on any atom is -0.473 e. The second-order valence-electron chi connectivity index (χ2n) is 4.77. The van der Waals surface area contributed by atoms with Crippen molar-refractivity contribution in [2.45, 2.75) is 13.5 Å². The van der Waals surface area contributed by atoms with Gasteiger partial charge >= 0.3 is 5.97 Å². The molecule has 0 N–H and O–H groups in total. The topological polar surface area (TPSA) is 65.5 Å². The zero-order chi connectivity index (χ0) is 16.7. The summed E-state index contributed by atoms with van der Waals surface area (Å²) in [6, 6.07) is 12.7. The molecule has 1 aromatic carbocycles. The average Bonchev–Trinajstić information content (AvgIpc) is 2.58. The van der Waals surface area contributed by atoms with Crippen LogP contribution in [0.2, 0.25) is 0 Å². The summed E-state index contributed by atoms with van der Waals surface area (Å²) in [5.41, 5.74) is 2.40. The summed E-state index contributed by atoms with van der Waals surface area (Å²) in [5, 5.41) is 0. The third-order valence-electron chi connectivity index (χ3n) is 3.19. The van der Waals surface area contributed by atoms with E-state index >= 15 is 0 Å². The van der Waals surface area contributed by atoms with Crippen LogP contribution in [0.1, 0.15) is 16.8 Å². The first-order valence-electron chi connectivity index (χ1n) is 7.04. The summed E-state index contributed by atoms with van der Waals surface area (Å²) < 4.78 is 10.4. The Hall–Kier alpha value is -2.95. The highest BCUT2D eigenvalue weighted by Crippen LogP contribution is 2.22. The number of carbonyl (C=O) groups is 2. The maximum absolute atomic E-state index is 11.9. The van der Waals surface area contributed by atoms with Gasteiger partial charge in [-0.05, 0) is 30.2 Å². The van der Waals surface area contributed by atoms with Gasteiger partial charge in [0.15, 0.2) is 0 Å². The molecule has 5 nitrogen and oxygen atoms in total. The number of ether oxygens (including phenoxy) is 2. The summed E-state index contributed by atoms with van der Waals surface area (Å²) in [7, 11) is 1.27. The van der Waals surface area contributed by atoms with Gasteiger partial charge in [0.05, 0.1) is 12.7 Å². The molecule has 0 aliphatic carbocycles. The van der Waals surface area contributed by atoms with E-state index in [1.165, 1.54) is 13.2 Å². The van der Waals surface area contributed by atoms with E-state index in [0.717, 1.165) is 11.3 Å². The van der Waals surface area contributed by atoms with Crippen molar-refractivity contribution in [2.75, 3.05) is 7.11 Å². The molecule has 0 unspecified atom stereocenters. The fourth-order valence-corrected chi connectivity index (χ4v) is 2.10. The fourth-order valence-electron chi connectivity index (χ4n) is 2.10. The normalized spacial score (nSPS) is 11.0. The van der Waals surface area contributed by atoms with Crippen molar-refractivity contribution in [2.24, 2.45) is 0 Å². The molecule has 2 aromatic rings. The molecule has 0 aliphatic rings. The van der Waals surface area contributed by atoms with Crippen LogP contribution in [0.3, 0.4) is 0 Å². The minimum absolute atomic E-state index is 0.193. The smallest absolute Gasteiger partial charge is 0.338 e. The highest BCUT2D eigenvalue weighted by atomic mass is 16.5. The van der Waals surface area contributed by atoms with Gasteiger partial charge in [-0.1, -0.05) is 30.3 Å². The van der Waals surface area contributed by atoms with Gasteiger partial charge < -0.3 is 9.47 Å². The van der Waals surface area contributed by atoms with E-state index in [1.54, 1.807) is 18.2 Å². The maximum Gasteiger partial charge on any atom is 0.338 e. The zero-order valence-electron chi connectivity index (χ0n) is 13.0. The van der Waals surface area contributed by atoms with Crippen molar-refractivity contribution in [3.63, 3.8) is 0 Å². The molecule has 0 radical (unpaired) electrons. The molecule has 1 heterocycles. The molecule has 5 heteroatoms. The predicted molar refractivity (Wildman–Crippen MR) is 85.8 cm³/mol. The molecule has 0 amide bonds. The maximum atomic E-state index is 11.9. The van der Waals surface area contributed by atoms with Crippen molar-refractivity contribution in [3.05, 3.63) is 65.4 Å². The lowest BCUT2D eigenvalue weighted by Crippen LogP contribution is -2.08. The number of carbonyl (C=O) groups excluding carboxylic acids is 2. The third kappa shape index (κ3) is 4.26. The molecule has 23 heavy (non-hydrogen) atoms. The largest absolute Gasteiger partial charge is 0.473 e. The molecule has 0 aliphatic heterocycles. The lowest BCUT2D eigenvalue weighted by molar-refractivity contribution is -0.133. The molecule has 2 rings (SSSR count). The Morgan fingerprint density at radius 2 is 1.96 bits per heavy atom. The Morgan fingerprint density at radius 3 is 2.65 bits per heavy atom. The first-order valence-corrected chi connectivity index (χ1v) is 7.04. The van der Waals surface area contributed by atoms with Gasteiger partial charge in [0.2, 0.25) is 5.88 Å². The van der Waals surface area contributed by atoms with Gasteiger partial charge in [-0.3, -0.25) is 4.79 Å². The summed E-state index contributed by atoms with van der Waals surface area (Å²) in [5.74, 6) is -0.0722. The van der Waals surface area contributed by atoms with Crippen LogP contribution in [0.4, 0.5) is 0 Å². The number of hydrogen-bond donors (Lipinski definition) is 0. The van der Waals surface area contributed by atoms with Crippen molar-refractivity contribution >= 4 is 17.8 Å². The fraction of sp³-hybridized carbons (Fsp3) is 0.167. The van der Waals surface area contributed by atoms with Crippen LogP contribution in [0.15, 0.2) is 48.5 Å². The molecule has 0 saturated carbocycles. The van der Waals surface area contributed by atoms with Crippen molar-refractivity contribution < 1.29 is 19.1 Å². The molecule has 118 valence electrons. The Labute approximate surface area is 134 Å². The summed E-state index contributed by atoms with van der Waals surface area (Å²) in [6.07, 6.45) is 1.75. The number of benzene rings is 1. The van der Waals surface area contributed by atoms with Gasteiger partial charge in [0, 0.05) is 11.8 Å². The van der Waals surface area contributed by atoms with Gasteiger partial charge in [0.1, 0.15) is 12.9 Å². The number of rotatable bonds is 6. The van der Waals surface area contributed by atoms with Crippen LogP contribution >= 0.6 is 0 Å². The second kappa shape index (κ2) is 7.89. The summed E-state index contributed by atoms with van der Waals surface area (Å²) in [6.45, 7) is 2.10. The molecule has 0 bridgehead atoms. The average molecular weight is 311 g/mol. The van der Waals surface area contributed by atoms with E-state index in [1.807, 2.05) is 31.2 Å². The number of methoxy groups -OCH3 is 1. The standard InChI is InChI=1S/C18H17NO4/c1-13-6-5-9-17(19-13)23-12-14-7-3-4-8-15(14)16(10-11-20)18(21)22-2/h3-11H,12H2,1-2H3/b16-10+. The van der Waals surface area contributed by atoms with Gasteiger partial charge in [-0.2, -0.15) is 0 Å². The number of aryl methyl sites for hydroxylation is 1. The Kier molecular flexibility index (Phi) is 5.63. The quantitative estimate of drug-likeness (QED) is 0.466. The number of allylic oxidation sites excluding steroid dienone is 1. The number of nitrogens with zero attached hydrogens (tertiary/aromatic N) is 1. The van der Waals surface area contributed by atoms with Gasteiger partial charge in [0.25, 0.3) is 0 Å². The van der Waals surface area contributed by atoms with E-state index in [0.29, 0.717) is 17.7 Å². The summed E-state index contributed by atoms with van der Waals surface area (Å²) >= 11 is 0. The van der Waals surface area contributed by atoms with Crippen LogP contribution in [-0.4, -0.2) is 24.3 Å². The third-order valence-corrected chi connectivity index (χ3v) is 3.19. The van der Waals surface area contributed by atoms with E-state index in [2.05, 4.69) is 4.98 Å². The minimum atomic E-state index is -0.571. The van der Waals surface area contributed by atoms with Crippen LogP contribution in [0.5, 0.6) is 5.88 Å². The SMILES string of the molecule is COC(=O)/C(=C/C=O)c1ccccc1COc1cccc(C)n1. The van der Waals surface area contributed by atoms with Crippen LogP contribution < -0.4 is 4.74 Å². The van der Waals surface area contributed by atoms with E-state index < -0.39 is 5.97 Å². The number of esters is 1. The lowest BCUT2D eigenvalue weighted by Gasteiger charge is -2.12. The van der Waals surface area contributed by atoms with Crippen molar-refractivity contribution in [1.82, 2.24) is 4.98 Å². The van der Waals surface area contributed by atoms with Crippen LogP contribution in [-0.2, 0) is 20.9 Å².